The molecule has 3 aromatic rings. The number of benzene rings is 1. The van der Waals surface area contributed by atoms with Gasteiger partial charge < -0.3 is 9.42 Å². The van der Waals surface area contributed by atoms with Crippen LogP contribution >= 0.6 is 11.3 Å². The summed E-state index contributed by atoms with van der Waals surface area (Å²) >= 11 is 1.56. The maximum Gasteiger partial charge on any atom is 0.253 e. The van der Waals surface area contributed by atoms with Gasteiger partial charge in [-0.3, -0.25) is 4.79 Å². The predicted octanol–water partition coefficient (Wildman–Crippen LogP) is 2.91. The van der Waals surface area contributed by atoms with Gasteiger partial charge in [-0.15, -0.1) is 11.3 Å². The monoisotopic (exact) mass is 336 g/mol. The zero-order valence-electron chi connectivity index (χ0n) is 12.5. The van der Waals surface area contributed by atoms with E-state index in [1.165, 1.54) is 0 Å². The van der Waals surface area contributed by atoms with Crippen molar-refractivity contribution in [1.29, 1.82) is 5.26 Å². The Morgan fingerprint density at radius 1 is 1.33 bits per heavy atom. The van der Waals surface area contributed by atoms with Gasteiger partial charge in [0.1, 0.15) is 0 Å². The van der Waals surface area contributed by atoms with Crippen LogP contribution in [-0.4, -0.2) is 34.0 Å². The molecule has 1 fully saturated rings. The summed E-state index contributed by atoms with van der Waals surface area (Å²) in [6, 6.07) is 12.7. The van der Waals surface area contributed by atoms with Crippen LogP contribution in [0, 0.1) is 11.3 Å². The molecule has 0 unspecified atom stereocenters. The molecule has 0 bridgehead atoms. The summed E-state index contributed by atoms with van der Waals surface area (Å²) in [4.78, 5) is 19.5. The minimum absolute atomic E-state index is 0.0642. The van der Waals surface area contributed by atoms with Gasteiger partial charge in [0, 0.05) is 18.7 Å². The Balaban J connectivity index is 1.43. The van der Waals surface area contributed by atoms with E-state index in [9.17, 15) is 4.79 Å². The van der Waals surface area contributed by atoms with Gasteiger partial charge in [0.2, 0.25) is 11.7 Å². The number of amides is 1. The molecule has 1 aliphatic rings. The topological polar surface area (TPSA) is 83.0 Å². The van der Waals surface area contributed by atoms with Crippen molar-refractivity contribution in [1.82, 2.24) is 15.0 Å². The number of rotatable bonds is 3. The lowest BCUT2D eigenvalue weighted by Gasteiger charge is -2.37. The molecule has 4 rings (SSSR count). The zero-order chi connectivity index (χ0) is 16.5. The van der Waals surface area contributed by atoms with Crippen molar-refractivity contribution < 1.29 is 9.32 Å². The second-order valence-corrected chi connectivity index (χ2v) is 6.48. The van der Waals surface area contributed by atoms with Crippen LogP contribution in [0.1, 0.15) is 27.7 Å². The summed E-state index contributed by atoms with van der Waals surface area (Å²) in [5, 5.41) is 14.9. The average molecular weight is 336 g/mol. The number of carbonyl (C=O) groups is 1. The molecule has 118 valence electrons. The summed E-state index contributed by atoms with van der Waals surface area (Å²) < 4.78 is 5.33. The second kappa shape index (κ2) is 5.91. The first-order chi connectivity index (χ1) is 11.7. The smallest absolute Gasteiger partial charge is 0.253 e. The highest BCUT2D eigenvalue weighted by atomic mass is 32.1. The highest BCUT2D eigenvalue weighted by Crippen LogP contribution is 2.29. The quantitative estimate of drug-likeness (QED) is 0.734. The fourth-order valence-corrected chi connectivity index (χ4v) is 3.26. The third-order valence-corrected chi connectivity index (χ3v) is 4.81. The third-order valence-electron chi connectivity index (χ3n) is 3.94. The molecule has 0 saturated carbocycles. The number of hydrogen-bond donors (Lipinski definition) is 0. The molecule has 1 aromatic carbocycles. The van der Waals surface area contributed by atoms with Crippen molar-refractivity contribution >= 4 is 17.2 Å². The van der Waals surface area contributed by atoms with E-state index in [0.717, 1.165) is 4.88 Å². The summed E-state index contributed by atoms with van der Waals surface area (Å²) in [6.45, 7) is 1.09. The molecule has 1 aliphatic heterocycles. The molecule has 7 heteroatoms. The minimum Gasteiger partial charge on any atom is -0.339 e. The normalized spacial score (nSPS) is 14.2. The largest absolute Gasteiger partial charge is 0.339 e. The number of nitrogens with zero attached hydrogens (tertiary/aromatic N) is 4. The Hall–Kier alpha value is -2.98. The molecule has 3 heterocycles. The van der Waals surface area contributed by atoms with Gasteiger partial charge in [-0.1, -0.05) is 17.3 Å². The molecule has 0 N–H and O–H groups in total. The number of nitriles is 1. The number of hydrogen-bond acceptors (Lipinski definition) is 6. The van der Waals surface area contributed by atoms with Crippen molar-refractivity contribution in [3.8, 4) is 16.8 Å². The summed E-state index contributed by atoms with van der Waals surface area (Å²) in [5.41, 5.74) is 1.01. The van der Waals surface area contributed by atoms with Gasteiger partial charge >= 0.3 is 0 Å². The minimum atomic E-state index is -0.0821. The van der Waals surface area contributed by atoms with Crippen LogP contribution < -0.4 is 0 Å². The van der Waals surface area contributed by atoms with E-state index in [1.54, 1.807) is 40.5 Å². The lowest BCUT2D eigenvalue weighted by Crippen LogP contribution is -2.48. The van der Waals surface area contributed by atoms with E-state index >= 15 is 0 Å². The van der Waals surface area contributed by atoms with Crippen molar-refractivity contribution in [3.05, 3.63) is 58.8 Å². The van der Waals surface area contributed by atoms with E-state index in [2.05, 4.69) is 10.1 Å². The molecule has 6 nitrogen and oxygen atoms in total. The highest BCUT2D eigenvalue weighted by molar-refractivity contribution is 7.13. The number of carbonyl (C=O) groups excluding carboxylic acids is 1. The SMILES string of the molecule is N#Cc1cccc(C(=O)N2CC(c3nc(-c4cccs4)no3)C2)c1. The lowest BCUT2D eigenvalue weighted by atomic mass is 9.98. The van der Waals surface area contributed by atoms with Gasteiger partial charge in [0.15, 0.2) is 0 Å². The van der Waals surface area contributed by atoms with E-state index in [4.69, 9.17) is 9.78 Å². The van der Waals surface area contributed by atoms with Crippen LogP contribution in [-0.2, 0) is 0 Å². The van der Waals surface area contributed by atoms with Gasteiger partial charge in [0.05, 0.1) is 22.4 Å². The van der Waals surface area contributed by atoms with Crippen molar-refractivity contribution in [2.75, 3.05) is 13.1 Å². The summed E-state index contributed by atoms with van der Waals surface area (Å²) in [6.07, 6.45) is 0. The third kappa shape index (κ3) is 2.57. The Labute approximate surface area is 142 Å². The molecule has 0 spiro atoms. The van der Waals surface area contributed by atoms with Crippen LogP contribution in [0.4, 0.5) is 0 Å². The van der Waals surface area contributed by atoms with E-state index in [1.807, 2.05) is 23.6 Å². The summed E-state index contributed by atoms with van der Waals surface area (Å²) in [5.74, 6) is 1.13. The van der Waals surface area contributed by atoms with Gasteiger partial charge in [-0.05, 0) is 29.6 Å². The van der Waals surface area contributed by atoms with Crippen LogP contribution in [0.3, 0.4) is 0 Å². The standard InChI is InChI=1S/C17H12N4O2S/c18-8-11-3-1-4-12(7-11)17(22)21-9-13(10-21)16-19-15(20-23-16)14-5-2-6-24-14/h1-7,13H,9-10H2. The molecule has 0 aliphatic carbocycles. The Morgan fingerprint density at radius 3 is 2.96 bits per heavy atom. The van der Waals surface area contributed by atoms with Crippen molar-refractivity contribution in [2.45, 2.75) is 5.92 Å². The van der Waals surface area contributed by atoms with Crippen LogP contribution in [0.2, 0.25) is 0 Å². The first-order valence-corrected chi connectivity index (χ1v) is 8.29. The van der Waals surface area contributed by atoms with E-state index < -0.39 is 0 Å². The maximum absolute atomic E-state index is 12.4. The molecule has 24 heavy (non-hydrogen) atoms. The summed E-state index contributed by atoms with van der Waals surface area (Å²) in [7, 11) is 0. The fourth-order valence-electron chi connectivity index (χ4n) is 2.61. The highest BCUT2D eigenvalue weighted by Gasteiger charge is 2.36. The van der Waals surface area contributed by atoms with Gasteiger partial charge in [0.25, 0.3) is 5.91 Å². The molecule has 1 saturated heterocycles. The lowest BCUT2D eigenvalue weighted by molar-refractivity contribution is 0.0569. The fraction of sp³-hybridized carbons (Fsp3) is 0.176. The molecule has 0 radical (unpaired) electrons. The van der Waals surface area contributed by atoms with Crippen molar-refractivity contribution in [2.24, 2.45) is 0 Å². The Kier molecular flexibility index (Phi) is 3.59. The molecule has 2 aromatic heterocycles. The molecular formula is C17H12N4O2S. The van der Waals surface area contributed by atoms with Gasteiger partial charge in [-0.25, -0.2) is 0 Å². The van der Waals surface area contributed by atoms with E-state index in [-0.39, 0.29) is 11.8 Å². The molecular weight excluding hydrogens is 324 g/mol. The maximum atomic E-state index is 12.4. The van der Waals surface area contributed by atoms with E-state index in [0.29, 0.717) is 35.9 Å². The average Bonchev–Trinajstić information content (AvgIpc) is 3.24. The second-order valence-electron chi connectivity index (χ2n) is 5.53. The van der Waals surface area contributed by atoms with Crippen LogP contribution in [0.15, 0.2) is 46.3 Å². The van der Waals surface area contributed by atoms with Crippen LogP contribution in [0.25, 0.3) is 10.7 Å². The Morgan fingerprint density at radius 2 is 2.21 bits per heavy atom. The first kappa shape index (κ1) is 14.6. The number of thiophene rings is 1. The predicted molar refractivity (Wildman–Crippen MR) is 87.4 cm³/mol. The number of likely N-dealkylation sites (tertiary alicyclic amines) is 1. The number of aromatic nitrogens is 2. The Bertz CT molecular complexity index is 920. The molecule has 1 amide bonds. The van der Waals surface area contributed by atoms with Crippen LogP contribution in [0.5, 0.6) is 0 Å². The molecule has 0 atom stereocenters. The van der Waals surface area contributed by atoms with Crippen molar-refractivity contribution in [3.63, 3.8) is 0 Å². The first-order valence-electron chi connectivity index (χ1n) is 7.41. The zero-order valence-corrected chi connectivity index (χ0v) is 13.4. The van der Waals surface area contributed by atoms with Gasteiger partial charge in [-0.2, -0.15) is 10.2 Å².